The van der Waals surface area contributed by atoms with Gasteiger partial charge in [-0.05, 0) is 120 Å². The van der Waals surface area contributed by atoms with E-state index in [1.54, 1.807) is 50.8 Å². The maximum absolute atomic E-state index is 13.9. The maximum atomic E-state index is 13.9. The fourth-order valence-electron chi connectivity index (χ4n) is 11.9. The van der Waals surface area contributed by atoms with Gasteiger partial charge < -0.3 is 51.1 Å². The largest absolute Gasteiger partial charge is 0.494 e. The SMILES string of the molecule is C/C(=N\CCCC[C@H](NC(=O)CN1CCN(CC(=O)O)CCN(CC(=O)O)CCN(CC(=O)O)CC1)C(=O)NCCCCCC(=O)N1CCC(CCCCOc2ccc3nccc(C(=O)NCC(=O)N4CC(F)(F)C[C@@H]4C#N)c3c2)CC1)NC(=O)CCCc1ccc(C)cc1. The Balaban J connectivity index is 0.920. The van der Waals surface area contributed by atoms with Crippen LogP contribution in [0, 0.1) is 24.2 Å². The predicted molar refractivity (Wildman–Crippen MR) is 350 cm³/mol. The number of nitrogens with one attached hydrogen (secondary N) is 4. The second kappa shape index (κ2) is 39.6. The number of unbranched alkanes of at least 4 members (excludes halogenated alkanes) is 4. The van der Waals surface area contributed by atoms with Crippen LogP contribution in [0.3, 0.4) is 0 Å². The summed E-state index contributed by atoms with van der Waals surface area (Å²) in [7, 11) is 0. The number of rotatable bonds is 34. The number of carboxylic acids is 3. The fourth-order valence-corrected chi connectivity index (χ4v) is 11.9. The molecule has 3 aliphatic heterocycles. The number of hydrogen-bond acceptors (Lipinski definition) is 17. The molecule has 0 spiro atoms. The molecule has 3 aromatic rings. The molecule has 3 saturated heterocycles. The highest BCUT2D eigenvalue weighted by Gasteiger charge is 2.47. The lowest BCUT2D eigenvalue weighted by molar-refractivity contribution is -0.140. The number of carboxylic acid groups (broad SMARTS) is 3. The van der Waals surface area contributed by atoms with Crippen LogP contribution in [0.5, 0.6) is 5.75 Å². The van der Waals surface area contributed by atoms with Crippen LogP contribution in [0.25, 0.3) is 10.9 Å². The summed E-state index contributed by atoms with van der Waals surface area (Å²) in [5.74, 6) is -7.18. The average Bonchev–Trinajstić information content (AvgIpc) is 1.72. The molecule has 6 rings (SSSR count). The minimum atomic E-state index is -3.17. The fraction of sp³-hybridized carbons (Fsp3) is 0.612. The first kappa shape index (κ1) is 75.8. The van der Waals surface area contributed by atoms with Gasteiger partial charge in [-0.15, -0.1) is 0 Å². The molecule has 0 aliphatic carbocycles. The number of alkyl halides is 2. The van der Waals surface area contributed by atoms with Gasteiger partial charge in [0.05, 0.1) is 68.9 Å². The van der Waals surface area contributed by atoms with Crippen LogP contribution in [-0.4, -0.2) is 251 Å². The van der Waals surface area contributed by atoms with E-state index in [2.05, 4.69) is 43.4 Å². The van der Waals surface area contributed by atoms with E-state index in [9.17, 15) is 72.5 Å². The number of ether oxygens (including phenoxy) is 1. The summed E-state index contributed by atoms with van der Waals surface area (Å²) in [4.78, 5) is 133. The van der Waals surface area contributed by atoms with E-state index < -0.39 is 73.1 Å². The number of piperidine rings is 1. The minimum absolute atomic E-state index is 0.0890. The van der Waals surface area contributed by atoms with Crippen LogP contribution in [0.1, 0.15) is 125 Å². The van der Waals surface area contributed by atoms with Gasteiger partial charge >= 0.3 is 17.9 Å². The highest BCUT2D eigenvalue weighted by Crippen LogP contribution is 2.32. The molecular weight excluding hydrogens is 1230 g/mol. The number of likely N-dealkylation sites (tertiary alicyclic amines) is 2. The van der Waals surface area contributed by atoms with Crippen LogP contribution >= 0.6 is 0 Å². The molecule has 28 heteroatoms. The van der Waals surface area contributed by atoms with Gasteiger partial charge in [-0.1, -0.05) is 42.7 Å². The number of aliphatic carboxylic acids is 3. The standard InChI is InChI=1S/C67H95F2N13O13/c1-48-16-18-50(19-17-48)12-10-14-58(83)75-49(2)71-25-8-5-13-57(76-59(84)43-77-30-32-78(44-62(87)88)34-36-80(46-64(91)92)37-35-79(33-31-77)45-63(89)90)66(94)73-26-7-3-4-15-60(85)81-28-23-51(24-29-81)11-6-9-38-95-53-20-21-56-55(39-53)54(22-27-72-56)65(93)74-42-61(86)82-47-67(68,69)40-52(82)41-70/h16-22,27,39,51-52,57H,3-15,23-26,28-38,40,42-47H2,1-2H3,(H,73,94)(H,74,93)(H,76,84)(H,87,88)(H,89,90)(H,91,92)(H,71,75,83)/t52-,57+/m1/s1. The van der Waals surface area contributed by atoms with Gasteiger partial charge in [-0.3, -0.25) is 72.7 Å². The number of amidine groups is 1. The van der Waals surface area contributed by atoms with Gasteiger partial charge in [-0.25, -0.2) is 8.78 Å². The molecule has 4 heterocycles. The molecule has 26 nitrogen and oxygen atoms in total. The van der Waals surface area contributed by atoms with E-state index in [1.807, 2.05) is 24.0 Å². The lowest BCUT2D eigenvalue weighted by Gasteiger charge is -2.33. The number of nitrogens with zero attached hydrogens (tertiary/aromatic N) is 9. The van der Waals surface area contributed by atoms with E-state index in [0.29, 0.717) is 113 Å². The first-order chi connectivity index (χ1) is 45.5. The lowest BCUT2D eigenvalue weighted by Crippen LogP contribution is -2.52. The molecule has 0 bridgehead atoms. The van der Waals surface area contributed by atoms with Crippen molar-refractivity contribution in [1.82, 2.24) is 55.7 Å². The summed E-state index contributed by atoms with van der Waals surface area (Å²) in [6.45, 7) is 5.42. The first-order valence-corrected chi connectivity index (χ1v) is 33.2. The molecular formula is C67H95F2N13O13. The molecule has 2 atom stereocenters. The molecule has 7 N–H and O–H groups in total. The summed E-state index contributed by atoms with van der Waals surface area (Å²) in [6.07, 6.45) is 10.6. The van der Waals surface area contributed by atoms with Gasteiger partial charge in [0.2, 0.25) is 29.5 Å². The Morgan fingerprint density at radius 3 is 1.97 bits per heavy atom. The van der Waals surface area contributed by atoms with E-state index in [0.717, 1.165) is 49.0 Å². The summed E-state index contributed by atoms with van der Waals surface area (Å²) in [5.41, 5.74) is 3.08. The van der Waals surface area contributed by atoms with Gasteiger partial charge in [0, 0.05) is 109 Å². The van der Waals surface area contributed by atoms with Gasteiger partial charge in [0.25, 0.3) is 11.8 Å². The molecule has 520 valence electrons. The molecule has 95 heavy (non-hydrogen) atoms. The molecule has 3 aliphatic rings. The Labute approximate surface area is 554 Å². The zero-order valence-corrected chi connectivity index (χ0v) is 54.9. The zero-order chi connectivity index (χ0) is 68.7. The quantitative estimate of drug-likeness (QED) is 0.0250. The maximum Gasteiger partial charge on any atom is 0.317 e. The number of fused-ring (bicyclic) bond motifs is 1. The summed E-state index contributed by atoms with van der Waals surface area (Å²) < 4.78 is 33.9. The third-order valence-corrected chi connectivity index (χ3v) is 17.3. The number of aryl methyl sites for hydroxylation is 2. The molecule has 0 saturated carbocycles. The number of carbonyl (C=O) groups is 9. The van der Waals surface area contributed by atoms with Crippen LogP contribution < -0.4 is 26.0 Å². The number of benzene rings is 2. The summed E-state index contributed by atoms with van der Waals surface area (Å²) in [5, 5.41) is 49.9. The highest BCUT2D eigenvalue weighted by molar-refractivity contribution is 6.07. The Bertz CT molecular complexity index is 3090. The second-order valence-electron chi connectivity index (χ2n) is 25.0. The van der Waals surface area contributed by atoms with Crippen molar-refractivity contribution in [2.75, 3.05) is 124 Å². The van der Waals surface area contributed by atoms with E-state index in [4.69, 9.17) is 4.74 Å². The van der Waals surface area contributed by atoms with Gasteiger partial charge in [0.15, 0.2) is 0 Å². The zero-order valence-electron chi connectivity index (χ0n) is 54.9. The molecule has 0 unspecified atom stereocenters. The Hall–Kier alpha value is -8.26. The van der Waals surface area contributed by atoms with E-state index >= 15 is 0 Å². The third-order valence-electron chi connectivity index (χ3n) is 17.3. The van der Waals surface area contributed by atoms with Crippen LogP contribution in [0.4, 0.5) is 8.78 Å². The number of carbonyl (C=O) groups excluding carboxylic acids is 6. The number of amides is 6. The van der Waals surface area contributed by atoms with E-state index in [1.165, 1.54) is 17.8 Å². The van der Waals surface area contributed by atoms with Crippen molar-refractivity contribution in [2.45, 2.75) is 135 Å². The molecule has 2 aromatic carbocycles. The van der Waals surface area contributed by atoms with Crippen molar-refractivity contribution >= 4 is 70.1 Å². The third kappa shape index (κ3) is 27.9. The number of aromatic nitrogens is 1. The Morgan fingerprint density at radius 1 is 0.716 bits per heavy atom. The number of pyridine rings is 1. The van der Waals surface area contributed by atoms with Crippen LogP contribution in [-0.2, 0) is 44.8 Å². The predicted octanol–water partition coefficient (Wildman–Crippen LogP) is 4.19. The van der Waals surface area contributed by atoms with Crippen molar-refractivity contribution in [2.24, 2.45) is 10.9 Å². The number of hydrogen-bond donors (Lipinski definition) is 7. The summed E-state index contributed by atoms with van der Waals surface area (Å²) in [6, 6.07) is 14.4. The number of aliphatic imine (C=N–C) groups is 1. The van der Waals surface area contributed by atoms with Crippen molar-refractivity contribution in [1.29, 1.82) is 5.26 Å². The van der Waals surface area contributed by atoms with Gasteiger partial charge in [-0.2, -0.15) is 5.26 Å². The highest BCUT2D eigenvalue weighted by atomic mass is 19.3. The molecule has 6 amide bonds. The Kier molecular flexibility index (Phi) is 31.6. The monoisotopic (exact) mass is 1330 g/mol. The number of nitriles is 1. The van der Waals surface area contributed by atoms with Crippen LogP contribution in [0.2, 0.25) is 0 Å². The molecule has 1 aromatic heterocycles. The topological polar surface area (TPSA) is 340 Å². The first-order valence-electron chi connectivity index (χ1n) is 33.2. The van der Waals surface area contributed by atoms with Crippen molar-refractivity contribution in [3.8, 4) is 11.8 Å². The molecule has 3 fully saturated rings. The van der Waals surface area contributed by atoms with Crippen molar-refractivity contribution < 1.29 is 72.0 Å². The molecule has 0 radical (unpaired) electrons. The number of halogens is 2. The lowest BCUT2D eigenvalue weighted by atomic mass is 9.91. The van der Waals surface area contributed by atoms with Crippen LogP contribution in [0.15, 0.2) is 59.7 Å². The van der Waals surface area contributed by atoms with Crippen molar-refractivity contribution in [3.63, 3.8) is 0 Å². The summed E-state index contributed by atoms with van der Waals surface area (Å²) >= 11 is 0. The normalized spacial score (nSPS) is 17.6. The van der Waals surface area contributed by atoms with Crippen molar-refractivity contribution in [3.05, 3.63) is 71.4 Å². The Morgan fingerprint density at radius 2 is 1.35 bits per heavy atom. The smallest absolute Gasteiger partial charge is 0.317 e. The van der Waals surface area contributed by atoms with Gasteiger partial charge in [0.1, 0.15) is 17.8 Å². The minimum Gasteiger partial charge on any atom is -0.494 e. The van der Waals surface area contributed by atoms with E-state index in [-0.39, 0.29) is 108 Å². The average molecular weight is 1330 g/mol. The second-order valence-corrected chi connectivity index (χ2v) is 25.0.